The van der Waals surface area contributed by atoms with Crippen LogP contribution in [0.3, 0.4) is 0 Å². The van der Waals surface area contributed by atoms with Gasteiger partial charge in [0.15, 0.2) is 0 Å². The Morgan fingerprint density at radius 3 is 2.38 bits per heavy atom. The molecular weight excluding hydrogens is 306 g/mol. The highest BCUT2D eigenvalue weighted by atomic mass is 35.5. The lowest BCUT2D eigenvalue weighted by atomic mass is 9.62. The molecule has 0 aromatic heterocycles. The molecule has 3 atom stereocenters. The minimum Gasteiger partial charge on any atom is -0.207 e. The molecule has 1 heterocycles. The number of nitrogens with zero attached hydrogens (tertiary/aromatic N) is 1. The number of alkyl halides is 1. The van der Waals surface area contributed by atoms with Gasteiger partial charge in [-0.15, -0.1) is 11.6 Å². The van der Waals surface area contributed by atoms with Gasteiger partial charge in [0.25, 0.3) is 0 Å². The molecule has 2 aliphatic rings. The van der Waals surface area contributed by atoms with Gasteiger partial charge in [-0.25, -0.2) is 8.42 Å². The first-order chi connectivity index (χ1) is 9.69. The van der Waals surface area contributed by atoms with Crippen molar-refractivity contribution in [1.82, 2.24) is 4.31 Å². The van der Waals surface area contributed by atoms with E-state index in [9.17, 15) is 8.42 Å². The highest BCUT2D eigenvalue weighted by molar-refractivity contribution is 7.89. The van der Waals surface area contributed by atoms with Crippen LogP contribution in [0.1, 0.15) is 25.8 Å². The Morgan fingerprint density at radius 2 is 1.81 bits per heavy atom. The van der Waals surface area contributed by atoms with E-state index in [2.05, 4.69) is 0 Å². The van der Waals surface area contributed by atoms with Gasteiger partial charge >= 0.3 is 0 Å². The van der Waals surface area contributed by atoms with Crippen LogP contribution in [0.5, 0.6) is 0 Å². The van der Waals surface area contributed by atoms with E-state index >= 15 is 0 Å². The SMILES string of the molecule is Cc1ccc(S(=O)(=O)N2C[C@H]3C[C@H](C(C)(C)Cl)[C@H]3C2)cc1. The topological polar surface area (TPSA) is 37.4 Å². The summed E-state index contributed by atoms with van der Waals surface area (Å²) in [5.41, 5.74) is 1.07. The van der Waals surface area contributed by atoms with Crippen LogP contribution in [0.4, 0.5) is 0 Å². The fourth-order valence-corrected chi connectivity index (χ4v) is 5.50. The van der Waals surface area contributed by atoms with Crippen molar-refractivity contribution in [2.45, 2.75) is 37.0 Å². The number of halogens is 1. The van der Waals surface area contributed by atoms with Gasteiger partial charge in [0, 0.05) is 18.0 Å². The van der Waals surface area contributed by atoms with Crippen LogP contribution in [0, 0.1) is 24.7 Å². The Labute approximate surface area is 132 Å². The maximum atomic E-state index is 12.7. The normalized spacial score (nSPS) is 30.0. The summed E-state index contributed by atoms with van der Waals surface area (Å²) in [5, 5.41) is 0. The predicted molar refractivity (Wildman–Crippen MR) is 85.0 cm³/mol. The molecule has 3 rings (SSSR count). The summed E-state index contributed by atoms with van der Waals surface area (Å²) in [5.74, 6) is 1.31. The van der Waals surface area contributed by atoms with Gasteiger partial charge < -0.3 is 0 Å². The van der Waals surface area contributed by atoms with E-state index in [4.69, 9.17) is 11.6 Å². The van der Waals surface area contributed by atoms with Gasteiger partial charge in [-0.1, -0.05) is 17.7 Å². The summed E-state index contributed by atoms with van der Waals surface area (Å²) in [6.45, 7) is 7.28. The first kappa shape index (κ1) is 15.3. The molecule has 1 aliphatic heterocycles. The second-order valence-electron chi connectivity index (χ2n) is 6.97. The summed E-state index contributed by atoms with van der Waals surface area (Å²) in [7, 11) is -3.36. The van der Waals surface area contributed by atoms with Crippen LogP contribution in [0.2, 0.25) is 0 Å². The van der Waals surface area contributed by atoms with Gasteiger partial charge in [0.2, 0.25) is 10.0 Å². The third-order valence-corrected chi connectivity index (χ3v) is 7.20. The Morgan fingerprint density at radius 1 is 1.19 bits per heavy atom. The molecule has 0 N–H and O–H groups in total. The second kappa shape index (κ2) is 4.97. The van der Waals surface area contributed by atoms with E-state index in [1.165, 1.54) is 0 Å². The first-order valence-electron chi connectivity index (χ1n) is 7.45. The molecule has 1 aromatic carbocycles. The zero-order valence-corrected chi connectivity index (χ0v) is 14.3. The molecule has 1 saturated heterocycles. The van der Waals surface area contributed by atoms with Crippen LogP contribution in [-0.4, -0.2) is 30.7 Å². The van der Waals surface area contributed by atoms with E-state index in [0.717, 1.165) is 12.0 Å². The van der Waals surface area contributed by atoms with Crippen LogP contribution < -0.4 is 0 Å². The van der Waals surface area contributed by atoms with Crippen molar-refractivity contribution in [3.63, 3.8) is 0 Å². The fourth-order valence-electron chi connectivity index (χ4n) is 3.71. The second-order valence-corrected chi connectivity index (χ2v) is 9.88. The van der Waals surface area contributed by atoms with Crippen LogP contribution in [-0.2, 0) is 10.0 Å². The van der Waals surface area contributed by atoms with Gasteiger partial charge in [0.1, 0.15) is 0 Å². The number of hydrogen-bond acceptors (Lipinski definition) is 2. The van der Waals surface area contributed by atoms with E-state index in [0.29, 0.717) is 35.7 Å². The number of fused-ring (bicyclic) bond motifs is 1. The standard InChI is InChI=1S/C16H22ClNO2S/c1-11-4-6-13(7-5-11)21(19,20)18-9-12-8-15(14(12)10-18)16(2,3)17/h4-7,12,14-15H,8-10H2,1-3H3/t12-,14+,15+/m1/s1. The molecule has 2 fully saturated rings. The number of sulfonamides is 1. The predicted octanol–water partition coefficient (Wildman–Crippen LogP) is 3.27. The molecule has 0 spiro atoms. The van der Waals surface area contributed by atoms with Gasteiger partial charge in [-0.05, 0) is 57.1 Å². The number of aryl methyl sites for hydroxylation is 1. The molecule has 1 aromatic rings. The van der Waals surface area contributed by atoms with E-state index < -0.39 is 10.0 Å². The Balaban J connectivity index is 1.79. The summed E-state index contributed by atoms with van der Waals surface area (Å²) < 4.78 is 27.1. The van der Waals surface area contributed by atoms with Crippen molar-refractivity contribution < 1.29 is 8.42 Å². The van der Waals surface area contributed by atoms with Crippen molar-refractivity contribution in [1.29, 1.82) is 0 Å². The van der Waals surface area contributed by atoms with Crippen molar-refractivity contribution in [3.05, 3.63) is 29.8 Å². The monoisotopic (exact) mass is 327 g/mol. The molecule has 5 heteroatoms. The molecule has 21 heavy (non-hydrogen) atoms. The lowest BCUT2D eigenvalue weighted by molar-refractivity contribution is 0.0900. The molecule has 0 radical (unpaired) electrons. The van der Waals surface area contributed by atoms with Crippen molar-refractivity contribution in [3.8, 4) is 0 Å². The van der Waals surface area contributed by atoms with E-state index in [-0.39, 0.29) is 4.87 Å². The van der Waals surface area contributed by atoms with Crippen molar-refractivity contribution >= 4 is 21.6 Å². The molecule has 3 nitrogen and oxygen atoms in total. The lowest BCUT2D eigenvalue weighted by Gasteiger charge is -2.46. The number of benzene rings is 1. The van der Waals surface area contributed by atoms with Crippen molar-refractivity contribution in [2.75, 3.05) is 13.1 Å². The molecule has 1 saturated carbocycles. The molecular formula is C16H22ClNO2S. The smallest absolute Gasteiger partial charge is 0.207 e. The number of hydrogen-bond donors (Lipinski definition) is 0. The van der Waals surface area contributed by atoms with Gasteiger partial charge in [0.05, 0.1) is 4.90 Å². The summed E-state index contributed by atoms with van der Waals surface area (Å²) in [6.07, 6.45) is 1.04. The third-order valence-electron chi connectivity index (χ3n) is 5.07. The average molecular weight is 328 g/mol. The average Bonchev–Trinajstić information content (AvgIpc) is 2.66. The summed E-state index contributed by atoms with van der Waals surface area (Å²) >= 11 is 6.43. The molecule has 1 aliphatic carbocycles. The summed E-state index contributed by atoms with van der Waals surface area (Å²) in [4.78, 5) is 0.154. The van der Waals surface area contributed by atoms with Crippen molar-refractivity contribution in [2.24, 2.45) is 17.8 Å². The number of rotatable bonds is 3. The molecule has 116 valence electrons. The highest BCUT2D eigenvalue weighted by Crippen LogP contribution is 2.53. The fraction of sp³-hybridized carbons (Fsp3) is 0.625. The lowest BCUT2D eigenvalue weighted by Crippen LogP contribution is -2.45. The minimum absolute atomic E-state index is 0.245. The van der Waals surface area contributed by atoms with Crippen LogP contribution in [0.15, 0.2) is 29.2 Å². The molecule has 0 unspecified atom stereocenters. The summed E-state index contributed by atoms with van der Waals surface area (Å²) in [6, 6.07) is 7.10. The quantitative estimate of drug-likeness (QED) is 0.799. The minimum atomic E-state index is -3.36. The van der Waals surface area contributed by atoms with Gasteiger partial charge in [-0.2, -0.15) is 4.31 Å². The first-order valence-corrected chi connectivity index (χ1v) is 9.27. The van der Waals surface area contributed by atoms with Crippen LogP contribution >= 0.6 is 11.6 Å². The molecule has 0 amide bonds. The largest absolute Gasteiger partial charge is 0.243 e. The van der Waals surface area contributed by atoms with Gasteiger partial charge in [-0.3, -0.25) is 0 Å². The third kappa shape index (κ3) is 2.62. The van der Waals surface area contributed by atoms with E-state index in [1.807, 2.05) is 32.9 Å². The Kier molecular flexibility index (Phi) is 3.62. The Hall–Kier alpha value is -0.580. The maximum Gasteiger partial charge on any atom is 0.243 e. The maximum absolute atomic E-state index is 12.7. The Bertz CT molecular complexity index is 633. The zero-order valence-electron chi connectivity index (χ0n) is 12.7. The molecule has 0 bridgehead atoms. The highest BCUT2D eigenvalue weighted by Gasteiger charge is 2.54. The zero-order chi connectivity index (χ0) is 15.4. The van der Waals surface area contributed by atoms with Crippen LogP contribution in [0.25, 0.3) is 0 Å². The van der Waals surface area contributed by atoms with E-state index in [1.54, 1.807) is 16.4 Å².